The Morgan fingerprint density at radius 3 is 2.68 bits per heavy atom. The van der Waals surface area contributed by atoms with Crippen LogP contribution < -0.4 is 4.74 Å². The van der Waals surface area contributed by atoms with Crippen molar-refractivity contribution in [3.8, 4) is 5.75 Å². The van der Waals surface area contributed by atoms with Crippen molar-refractivity contribution in [2.45, 2.75) is 38.9 Å². The molecule has 1 aromatic rings. The van der Waals surface area contributed by atoms with Crippen LogP contribution in [0.2, 0.25) is 0 Å². The maximum absolute atomic E-state index is 10.3. The van der Waals surface area contributed by atoms with Crippen LogP contribution in [0.15, 0.2) is 18.2 Å². The Bertz CT molecular complexity index is 538. The molecule has 0 radical (unpaired) electrons. The number of rotatable bonds is 7. The molecule has 2 fully saturated rings. The van der Waals surface area contributed by atoms with Gasteiger partial charge in [-0.05, 0) is 43.9 Å². The summed E-state index contributed by atoms with van der Waals surface area (Å²) in [5, 5.41) is 10.3. The summed E-state index contributed by atoms with van der Waals surface area (Å²) in [5.74, 6) is 0.875. The highest BCUT2D eigenvalue weighted by Crippen LogP contribution is 2.19. The van der Waals surface area contributed by atoms with Gasteiger partial charge >= 0.3 is 0 Å². The SMILES string of the molecule is Cc1ccc(C)c(OCC(O)CN2CCN(CC3CCCO3)CC2)c1. The van der Waals surface area contributed by atoms with Gasteiger partial charge in [0.15, 0.2) is 0 Å². The second-order valence-electron chi connectivity index (χ2n) is 7.47. The molecule has 0 aliphatic carbocycles. The molecule has 0 saturated carbocycles. The fourth-order valence-electron chi connectivity index (χ4n) is 3.63. The van der Waals surface area contributed by atoms with Gasteiger partial charge in [-0.3, -0.25) is 9.80 Å². The highest BCUT2D eigenvalue weighted by Gasteiger charge is 2.23. The van der Waals surface area contributed by atoms with Crippen LogP contribution in [0.1, 0.15) is 24.0 Å². The average Bonchev–Trinajstić information content (AvgIpc) is 3.10. The summed E-state index contributed by atoms with van der Waals surface area (Å²) >= 11 is 0. The molecule has 0 bridgehead atoms. The molecule has 2 aliphatic rings. The molecule has 0 amide bonds. The number of nitrogens with zero attached hydrogens (tertiary/aromatic N) is 2. The molecule has 2 aliphatic heterocycles. The predicted octanol–water partition coefficient (Wildman–Crippen LogP) is 1.84. The summed E-state index contributed by atoms with van der Waals surface area (Å²) in [6.07, 6.45) is 2.39. The van der Waals surface area contributed by atoms with Crippen LogP contribution in [0.4, 0.5) is 0 Å². The number of piperazine rings is 1. The van der Waals surface area contributed by atoms with E-state index in [0.29, 0.717) is 19.3 Å². The zero-order chi connectivity index (χ0) is 17.6. The van der Waals surface area contributed by atoms with Crippen molar-refractivity contribution in [2.75, 3.05) is 52.5 Å². The number of ether oxygens (including phenoxy) is 2. The van der Waals surface area contributed by atoms with Crippen LogP contribution in [0.3, 0.4) is 0 Å². The fraction of sp³-hybridized carbons (Fsp3) is 0.700. The molecule has 2 atom stereocenters. The molecule has 1 aromatic carbocycles. The highest BCUT2D eigenvalue weighted by molar-refractivity contribution is 5.35. The van der Waals surface area contributed by atoms with Crippen LogP contribution in [0.25, 0.3) is 0 Å². The van der Waals surface area contributed by atoms with Crippen molar-refractivity contribution in [1.29, 1.82) is 0 Å². The minimum Gasteiger partial charge on any atom is -0.491 e. The molecule has 2 heterocycles. The fourth-order valence-corrected chi connectivity index (χ4v) is 3.63. The second-order valence-corrected chi connectivity index (χ2v) is 7.47. The molecule has 1 N–H and O–H groups in total. The average molecular weight is 348 g/mol. The Labute approximate surface area is 151 Å². The van der Waals surface area contributed by atoms with Crippen molar-refractivity contribution in [2.24, 2.45) is 0 Å². The van der Waals surface area contributed by atoms with Gasteiger partial charge in [0.05, 0.1) is 6.10 Å². The number of benzene rings is 1. The monoisotopic (exact) mass is 348 g/mol. The van der Waals surface area contributed by atoms with Gasteiger partial charge < -0.3 is 14.6 Å². The summed E-state index contributed by atoms with van der Waals surface area (Å²) < 4.78 is 11.6. The largest absolute Gasteiger partial charge is 0.491 e. The predicted molar refractivity (Wildman–Crippen MR) is 99.3 cm³/mol. The number of β-amino-alcohol motifs (C(OH)–C–C–N with tert-alkyl or cyclic N) is 1. The van der Waals surface area contributed by atoms with E-state index < -0.39 is 6.10 Å². The molecule has 5 nitrogen and oxygen atoms in total. The van der Waals surface area contributed by atoms with Crippen LogP contribution in [0.5, 0.6) is 5.75 Å². The summed E-state index contributed by atoms with van der Waals surface area (Å²) in [6.45, 7) is 11.2. The van der Waals surface area contributed by atoms with Gasteiger partial charge in [0.25, 0.3) is 0 Å². The van der Waals surface area contributed by atoms with Gasteiger partial charge in [-0.2, -0.15) is 0 Å². The van der Waals surface area contributed by atoms with Crippen molar-refractivity contribution < 1.29 is 14.6 Å². The third kappa shape index (κ3) is 5.68. The van der Waals surface area contributed by atoms with Gasteiger partial charge in [-0.25, -0.2) is 0 Å². The standard InChI is InChI=1S/C20H32N2O3/c1-16-5-6-17(2)20(12-16)25-15-18(23)13-21-7-9-22(10-8-21)14-19-4-3-11-24-19/h5-6,12,18-19,23H,3-4,7-11,13-15H2,1-2H3. The zero-order valence-electron chi connectivity index (χ0n) is 15.6. The first kappa shape index (κ1) is 18.6. The number of hydrogen-bond acceptors (Lipinski definition) is 5. The van der Waals surface area contributed by atoms with Gasteiger partial charge in [0.2, 0.25) is 0 Å². The van der Waals surface area contributed by atoms with Crippen LogP contribution in [0, 0.1) is 13.8 Å². The molecule has 3 rings (SSSR count). The Hall–Kier alpha value is -1.14. The van der Waals surface area contributed by atoms with Crippen molar-refractivity contribution in [3.63, 3.8) is 0 Å². The molecule has 0 spiro atoms. The summed E-state index contributed by atoms with van der Waals surface area (Å²) in [6, 6.07) is 6.17. The minimum absolute atomic E-state index is 0.348. The Kier molecular flexibility index (Phi) is 6.70. The lowest BCUT2D eigenvalue weighted by atomic mass is 10.1. The molecule has 140 valence electrons. The minimum atomic E-state index is -0.454. The lowest BCUT2D eigenvalue weighted by molar-refractivity contribution is 0.0263. The summed E-state index contributed by atoms with van der Waals surface area (Å²) in [4.78, 5) is 4.83. The zero-order valence-corrected chi connectivity index (χ0v) is 15.6. The lowest BCUT2D eigenvalue weighted by Gasteiger charge is -2.36. The van der Waals surface area contributed by atoms with E-state index in [1.165, 1.54) is 18.4 Å². The Balaban J connectivity index is 1.36. The normalized spacial score (nSPS) is 23.7. The van der Waals surface area contributed by atoms with E-state index in [1.54, 1.807) is 0 Å². The van der Waals surface area contributed by atoms with E-state index in [0.717, 1.165) is 50.6 Å². The van der Waals surface area contributed by atoms with Crippen LogP contribution in [-0.4, -0.2) is 79.6 Å². The lowest BCUT2D eigenvalue weighted by Crippen LogP contribution is -2.50. The number of aliphatic hydroxyl groups is 1. The highest BCUT2D eigenvalue weighted by atomic mass is 16.5. The Morgan fingerprint density at radius 2 is 1.96 bits per heavy atom. The topological polar surface area (TPSA) is 45.2 Å². The number of aliphatic hydroxyl groups excluding tert-OH is 1. The van der Waals surface area contributed by atoms with Gasteiger partial charge in [0, 0.05) is 45.9 Å². The molecule has 0 aromatic heterocycles. The second kappa shape index (κ2) is 8.99. The van der Waals surface area contributed by atoms with Crippen molar-refractivity contribution in [1.82, 2.24) is 9.80 Å². The molecule has 2 saturated heterocycles. The third-order valence-electron chi connectivity index (χ3n) is 5.19. The van der Waals surface area contributed by atoms with E-state index in [1.807, 2.05) is 13.0 Å². The quantitative estimate of drug-likeness (QED) is 0.815. The van der Waals surface area contributed by atoms with Gasteiger partial charge in [0.1, 0.15) is 18.5 Å². The maximum atomic E-state index is 10.3. The van der Waals surface area contributed by atoms with Crippen molar-refractivity contribution >= 4 is 0 Å². The number of hydrogen-bond donors (Lipinski definition) is 1. The first-order valence-electron chi connectivity index (χ1n) is 9.54. The third-order valence-corrected chi connectivity index (χ3v) is 5.19. The number of aryl methyl sites for hydroxylation is 2. The van der Waals surface area contributed by atoms with E-state index in [9.17, 15) is 5.11 Å². The summed E-state index contributed by atoms with van der Waals surface area (Å²) in [7, 11) is 0. The smallest absolute Gasteiger partial charge is 0.122 e. The van der Waals surface area contributed by atoms with Gasteiger partial charge in [-0.15, -0.1) is 0 Å². The van der Waals surface area contributed by atoms with Crippen LogP contribution in [-0.2, 0) is 4.74 Å². The van der Waals surface area contributed by atoms with Crippen LogP contribution >= 0.6 is 0 Å². The van der Waals surface area contributed by atoms with E-state index >= 15 is 0 Å². The molecular weight excluding hydrogens is 316 g/mol. The van der Waals surface area contributed by atoms with E-state index in [-0.39, 0.29) is 0 Å². The first-order valence-corrected chi connectivity index (χ1v) is 9.54. The molecule has 2 unspecified atom stereocenters. The summed E-state index contributed by atoms with van der Waals surface area (Å²) in [5.41, 5.74) is 2.29. The van der Waals surface area contributed by atoms with E-state index in [4.69, 9.17) is 9.47 Å². The molecular formula is C20H32N2O3. The van der Waals surface area contributed by atoms with E-state index in [2.05, 4.69) is 28.9 Å². The maximum Gasteiger partial charge on any atom is 0.122 e. The Morgan fingerprint density at radius 1 is 1.20 bits per heavy atom. The van der Waals surface area contributed by atoms with Gasteiger partial charge in [-0.1, -0.05) is 12.1 Å². The molecule has 25 heavy (non-hydrogen) atoms. The first-order chi connectivity index (χ1) is 12.1. The molecule has 5 heteroatoms. The van der Waals surface area contributed by atoms with Crippen molar-refractivity contribution in [3.05, 3.63) is 29.3 Å².